The van der Waals surface area contributed by atoms with Crippen LogP contribution in [-0.2, 0) is 0 Å². The maximum Gasteiger partial charge on any atom is 0.255 e. The van der Waals surface area contributed by atoms with Crippen molar-refractivity contribution in [2.75, 3.05) is 19.7 Å². The van der Waals surface area contributed by atoms with E-state index in [2.05, 4.69) is 15.9 Å². The minimum absolute atomic E-state index is 0.102. The lowest BCUT2D eigenvalue weighted by Crippen LogP contribution is -2.37. The van der Waals surface area contributed by atoms with Crippen LogP contribution in [0.1, 0.15) is 15.9 Å². The second kappa shape index (κ2) is 6.80. The first-order valence-corrected chi connectivity index (χ1v) is 6.19. The van der Waals surface area contributed by atoms with Crippen LogP contribution in [0.25, 0.3) is 0 Å². The molecular weight excluding hydrogens is 308 g/mol. The van der Waals surface area contributed by atoms with E-state index in [9.17, 15) is 13.6 Å². The molecule has 0 bridgehead atoms. The number of benzene rings is 1. The zero-order valence-corrected chi connectivity index (χ0v) is 11.5. The Morgan fingerprint density at radius 2 is 2.11 bits per heavy atom. The quantitative estimate of drug-likeness (QED) is 0.905. The third kappa shape index (κ3) is 4.34. The van der Waals surface area contributed by atoms with Crippen molar-refractivity contribution in [2.24, 2.45) is 0 Å². The first kappa shape index (κ1) is 15.0. The lowest BCUT2D eigenvalue weighted by atomic mass is 10.1. The predicted octanol–water partition coefficient (Wildman–Crippen LogP) is 2.46. The van der Waals surface area contributed by atoms with Gasteiger partial charge in [-0.2, -0.15) is 0 Å². The molecule has 0 atom stereocenters. The van der Waals surface area contributed by atoms with Gasteiger partial charge in [0.15, 0.2) is 0 Å². The van der Waals surface area contributed by atoms with Gasteiger partial charge in [-0.1, -0.05) is 15.9 Å². The Bertz CT molecular complexity index is 406. The molecule has 1 amide bonds. The topological polar surface area (TPSA) is 40.5 Å². The maximum absolute atomic E-state index is 12.4. The Kier molecular flexibility index (Phi) is 5.68. The summed E-state index contributed by atoms with van der Waals surface area (Å²) in [5.74, 6) is -0.506. The van der Waals surface area contributed by atoms with Crippen molar-refractivity contribution in [1.82, 2.24) is 4.90 Å². The SMILES string of the molecule is Cc1cc(Br)cc(C(=O)N(CCO)CC(F)F)c1. The highest BCUT2D eigenvalue weighted by Crippen LogP contribution is 2.17. The third-order valence-corrected chi connectivity index (χ3v) is 2.76. The van der Waals surface area contributed by atoms with E-state index in [1.807, 2.05) is 13.0 Å². The Balaban J connectivity index is 2.93. The molecule has 0 aromatic heterocycles. The van der Waals surface area contributed by atoms with Crippen LogP contribution in [0.5, 0.6) is 0 Å². The van der Waals surface area contributed by atoms with Gasteiger partial charge in [-0.15, -0.1) is 0 Å². The van der Waals surface area contributed by atoms with E-state index in [0.29, 0.717) is 10.0 Å². The summed E-state index contributed by atoms with van der Waals surface area (Å²) >= 11 is 3.25. The lowest BCUT2D eigenvalue weighted by Gasteiger charge is -2.21. The molecule has 1 aromatic carbocycles. The molecule has 0 unspecified atom stereocenters. The number of hydrogen-bond donors (Lipinski definition) is 1. The van der Waals surface area contributed by atoms with Gasteiger partial charge in [0.05, 0.1) is 13.2 Å². The average Bonchev–Trinajstić information content (AvgIpc) is 2.25. The molecule has 0 heterocycles. The highest BCUT2D eigenvalue weighted by Gasteiger charge is 2.19. The van der Waals surface area contributed by atoms with Gasteiger partial charge in [0, 0.05) is 16.6 Å². The van der Waals surface area contributed by atoms with Crippen LogP contribution in [0, 0.1) is 6.92 Å². The number of amides is 1. The number of rotatable bonds is 5. The Morgan fingerprint density at radius 3 is 2.61 bits per heavy atom. The Morgan fingerprint density at radius 1 is 1.44 bits per heavy atom. The number of carbonyl (C=O) groups excluding carboxylic acids is 1. The molecule has 1 rings (SSSR count). The first-order valence-electron chi connectivity index (χ1n) is 5.39. The molecule has 1 N–H and O–H groups in total. The van der Waals surface area contributed by atoms with Gasteiger partial charge < -0.3 is 10.0 Å². The monoisotopic (exact) mass is 321 g/mol. The van der Waals surface area contributed by atoms with Gasteiger partial charge in [-0.05, 0) is 30.7 Å². The van der Waals surface area contributed by atoms with Gasteiger partial charge in [0.25, 0.3) is 12.3 Å². The van der Waals surface area contributed by atoms with Crippen LogP contribution in [-0.4, -0.2) is 42.0 Å². The van der Waals surface area contributed by atoms with Crippen molar-refractivity contribution < 1.29 is 18.7 Å². The van der Waals surface area contributed by atoms with Crippen molar-refractivity contribution in [1.29, 1.82) is 0 Å². The second-order valence-corrected chi connectivity index (χ2v) is 4.80. The van der Waals surface area contributed by atoms with Gasteiger partial charge in [-0.25, -0.2) is 8.78 Å². The summed E-state index contributed by atoms with van der Waals surface area (Å²) in [7, 11) is 0. The zero-order chi connectivity index (χ0) is 13.7. The van der Waals surface area contributed by atoms with Crippen LogP contribution in [0.2, 0.25) is 0 Å². The molecule has 100 valence electrons. The fraction of sp³-hybridized carbons (Fsp3) is 0.417. The molecular formula is C12H14BrF2NO2. The van der Waals surface area contributed by atoms with Crippen LogP contribution < -0.4 is 0 Å². The fourth-order valence-corrected chi connectivity index (χ4v) is 2.21. The number of carbonyl (C=O) groups is 1. The standard InChI is InChI=1S/C12H14BrF2NO2/c1-8-4-9(6-10(13)5-8)12(18)16(2-3-17)7-11(14)15/h4-6,11,17H,2-3,7H2,1H3. The number of aryl methyl sites for hydroxylation is 1. The van der Waals surface area contributed by atoms with Crippen molar-refractivity contribution in [3.8, 4) is 0 Å². The molecule has 0 spiro atoms. The fourth-order valence-electron chi connectivity index (χ4n) is 1.61. The second-order valence-electron chi connectivity index (χ2n) is 3.88. The van der Waals surface area contributed by atoms with Gasteiger partial charge >= 0.3 is 0 Å². The number of aliphatic hydroxyl groups is 1. The van der Waals surface area contributed by atoms with Crippen LogP contribution in [0.15, 0.2) is 22.7 Å². The van der Waals surface area contributed by atoms with E-state index in [1.165, 1.54) is 0 Å². The number of alkyl halides is 2. The van der Waals surface area contributed by atoms with E-state index >= 15 is 0 Å². The largest absolute Gasteiger partial charge is 0.395 e. The van der Waals surface area contributed by atoms with Crippen LogP contribution >= 0.6 is 15.9 Å². The van der Waals surface area contributed by atoms with Crippen molar-refractivity contribution in [3.63, 3.8) is 0 Å². The van der Waals surface area contributed by atoms with Crippen LogP contribution in [0.4, 0.5) is 8.78 Å². The summed E-state index contributed by atoms with van der Waals surface area (Å²) in [6.45, 7) is 0.691. The molecule has 6 heteroatoms. The number of halogens is 3. The number of hydrogen-bond acceptors (Lipinski definition) is 2. The highest BCUT2D eigenvalue weighted by molar-refractivity contribution is 9.10. The predicted molar refractivity (Wildman–Crippen MR) is 67.9 cm³/mol. The number of nitrogens with zero attached hydrogens (tertiary/aromatic N) is 1. The smallest absolute Gasteiger partial charge is 0.255 e. The van der Waals surface area contributed by atoms with Gasteiger partial charge in [0.2, 0.25) is 0 Å². The minimum atomic E-state index is -2.62. The van der Waals surface area contributed by atoms with E-state index in [1.54, 1.807) is 12.1 Å². The summed E-state index contributed by atoms with van der Waals surface area (Å²) in [5, 5.41) is 8.81. The molecule has 18 heavy (non-hydrogen) atoms. The van der Waals surface area contributed by atoms with E-state index in [0.717, 1.165) is 10.5 Å². The summed E-state index contributed by atoms with van der Waals surface area (Å²) in [6.07, 6.45) is -2.62. The van der Waals surface area contributed by atoms with E-state index < -0.39 is 18.9 Å². The molecule has 0 aliphatic heterocycles. The Hall–Kier alpha value is -1.01. The summed E-state index contributed by atoms with van der Waals surface area (Å²) < 4.78 is 25.4. The summed E-state index contributed by atoms with van der Waals surface area (Å²) in [4.78, 5) is 13.0. The van der Waals surface area contributed by atoms with Gasteiger partial charge in [-0.3, -0.25) is 4.79 Å². The van der Waals surface area contributed by atoms with Crippen molar-refractivity contribution >= 4 is 21.8 Å². The molecule has 0 radical (unpaired) electrons. The molecule has 1 aromatic rings. The molecule has 0 saturated carbocycles. The third-order valence-electron chi connectivity index (χ3n) is 2.30. The normalized spacial score (nSPS) is 10.8. The maximum atomic E-state index is 12.4. The molecule has 0 aliphatic carbocycles. The average molecular weight is 322 g/mol. The summed E-state index contributed by atoms with van der Waals surface area (Å²) in [6, 6.07) is 5.02. The van der Waals surface area contributed by atoms with Gasteiger partial charge in [0.1, 0.15) is 0 Å². The molecule has 3 nitrogen and oxygen atoms in total. The van der Waals surface area contributed by atoms with Crippen LogP contribution in [0.3, 0.4) is 0 Å². The highest BCUT2D eigenvalue weighted by atomic mass is 79.9. The lowest BCUT2D eigenvalue weighted by molar-refractivity contribution is 0.0509. The molecule has 0 aliphatic rings. The van der Waals surface area contributed by atoms with Crippen molar-refractivity contribution in [2.45, 2.75) is 13.3 Å². The first-order chi connectivity index (χ1) is 8.43. The summed E-state index contributed by atoms with van der Waals surface area (Å²) in [5.41, 5.74) is 1.18. The van der Waals surface area contributed by atoms with E-state index in [4.69, 9.17) is 5.11 Å². The van der Waals surface area contributed by atoms with E-state index in [-0.39, 0.29) is 13.2 Å². The number of aliphatic hydroxyl groups excluding tert-OH is 1. The zero-order valence-electron chi connectivity index (χ0n) is 9.87. The van der Waals surface area contributed by atoms with Crippen molar-refractivity contribution in [3.05, 3.63) is 33.8 Å². The molecule has 0 saturated heterocycles. The minimum Gasteiger partial charge on any atom is -0.395 e. The molecule has 0 fully saturated rings. The Labute approximate surface area is 113 Å².